The Labute approximate surface area is 155 Å². The number of esters is 1. The van der Waals surface area contributed by atoms with Crippen molar-refractivity contribution in [1.82, 2.24) is 0 Å². The second kappa shape index (κ2) is 11.2. The van der Waals surface area contributed by atoms with E-state index in [-0.39, 0.29) is 58.0 Å². The van der Waals surface area contributed by atoms with Crippen LogP contribution in [0.4, 0.5) is 0 Å². The number of ether oxygens (including phenoxy) is 1. The Bertz CT molecular complexity index is 379. The van der Waals surface area contributed by atoms with Gasteiger partial charge in [0.2, 0.25) is 0 Å². The fourth-order valence-corrected chi connectivity index (χ4v) is 1.93. The van der Waals surface area contributed by atoms with Gasteiger partial charge in [0, 0.05) is 0 Å². The molecule has 0 aliphatic rings. The molecule has 0 rings (SSSR count). The Morgan fingerprint density at radius 2 is 1.79 bits per heavy atom. The molecule has 1 unspecified atom stereocenters. The van der Waals surface area contributed by atoms with E-state index >= 15 is 0 Å². The number of rotatable bonds is 9. The molecule has 0 heterocycles. The molecular formula is C10H19KO7S. The second-order valence-electron chi connectivity index (χ2n) is 3.83. The average Bonchev–Trinajstić information content (AvgIpc) is 2.23. The molecule has 108 valence electrons. The predicted molar refractivity (Wildman–Crippen MR) is 69.8 cm³/mol. The van der Waals surface area contributed by atoms with Gasteiger partial charge < -0.3 is 9.84 Å². The normalized spacial score (nSPS) is 12.3. The van der Waals surface area contributed by atoms with Crippen molar-refractivity contribution in [1.29, 1.82) is 0 Å². The van der Waals surface area contributed by atoms with Crippen molar-refractivity contribution in [2.75, 3.05) is 6.61 Å². The summed E-state index contributed by atoms with van der Waals surface area (Å²) in [6.07, 6.45) is 2.37. The molecule has 0 aliphatic heterocycles. The van der Waals surface area contributed by atoms with Crippen LogP contribution in [0.5, 0.6) is 0 Å². The quantitative estimate of drug-likeness (QED) is 0.269. The molecule has 0 aromatic rings. The van der Waals surface area contributed by atoms with Crippen molar-refractivity contribution in [2.45, 2.75) is 44.3 Å². The zero-order valence-electron chi connectivity index (χ0n) is 10.2. The standard InChI is InChI=1S/C10H18O7S.K.H/c1-2-3-4-5-6-17-10(13)8(7-9(11)12)18(14,15)16;;/h8H,2-7H2,1H3,(H,11,12)(H,14,15,16);;. The Morgan fingerprint density at radius 1 is 1.21 bits per heavy atom. The van der Waals surface area contributed by atoms with Crippen LogP contribution in [0.1, 0.15) is 39.0 Å². The molecule has 0 bridgehead atoms. The molecule has 0 saturated carbocycles. The summed E-state index contributed by atoms with van der Waals surface area (Å²) in [7, 11) is -4.76. The van der Waals surface area contributed by atoms with Crippen LogP contribution in [0.25, 0.3) is 0 Å². The van der Waals surface area contributed by atoms with Gasteiger partial charge in [0.05, 0.1) is 13.0 Å². The van der Waals surface area contributed by atoms with Crippen molar-refractivity contribution in [3.8, 4) is 0 Å². The summed E-state index contributed by atoms with van der Waals surface area (Å²) >= 11 is 0. The molecule has 0 aliphatic carbocycles. The number of carbonyl (C=O) groups is 2. The number of carboxylic acid groups (broad SMARTS) is 1. The van der Waals surface area contributed by atoms with Crippen molar-refractivity contribution in [3.05, 3.63) is 0 Å². The zero-order chi connectivity index (χ0) is 14.2. The number of carboxylic acids is 1. The zero-order valence-corrected chi connectivity index (χ0v) is 11.0. The minimum atomic E-state index is -4.76. The van der Waals surface area contributed by atoms with E-state index in [0.717, 1.165) is 19.3 Å². The maximum absolute atomic E-state index is 11.3. The van der Waals surface area contributed by atoms with Crippen LogP contribution in [0.15, 0.2) is 0 Å². The van der Waals surface area contributed by atoms with Crippen molar-refractivity contribution < 1.29 is 32.4 Å². The molecule has 0 radical (unpaired) electrons. The third-order valence-corrected chi connectivity index (χ3v) is 3.30. The number of unbranched alkanes of at least 4 members (excludes halogenated alkanes) is 3. The Hall–Kier alpha value is 0.486. The first-order valence-electron chi connectivity index (χ1n) is 5.63. The summed E-state index contributed by atoms with van der Waals surface area (Å²) in [5.74, 6) is -2.73. The van der Waals surface area contributed by atoms with Crippen molar-refractivity contribution >= 4 is 73.4 Å². The molecule has 0 spiro atoms. The fraction of sp³-hybridized carbons (Fsp3) is 0.800. The Morgan fingerprint density at radius 3 is 2.21 bits per heavy atom. The van der Waals surface area contributed by atoms with Crippen LogP contribution in [0, 0.1) is 0 Å². The summed E-state index contributed by atoms with van der Waals surface area (Å²) in [5.41, 5.74) is 0. The molecule has 0 saturated heterocycles. The van der Waals surface area contributed by atoms with Gasteiger partial charge in [-0.25, -0.2) is 0 Å². The second-order valence-corrected chi connectivity index (χ2v) is 5.43. The topological polar surface area (TPSA) is 118 Å². The van der Waals surface area contributed by atoms with E-state index < -0.39 is 33.7 Å². The van der Waals surface area contributed by atoms with Gasteiger partial charge in [-0.3, -0.25) is 14.1 Å². The molecule has 7 nitrogen and oxygen atoms in total. The summed E-state index contributed by atoms with van der Waals surface area (Å²) < 4.78 is 35.1. The average molecular weight is 322 g/mol. The number of aliphatic carboxylic acids is 1. The SMILES string of the molecule is CCCCCCOC(=O)C(CC(=O)O)S(=O)(=O)O.[KH]. The van der Waals surface area contributed by atoms with E-state index in [2.05, 4.69) is 4.74 Å². The third-order valence-electron chi connectivity index (χ3n) is 2.22. The van der Waals surface area contributed by atoms with Gasteiger partial charge in [-0.1, -0.05) is 26.2 Å². The van der Waals surface area contributed by atoms with Gasteiger partial charge in [0.1, 0.15) is 0 Å². The van der Waals surface area contributed by atoms with Crippen molar-refractivity contribution in [3.63, 3.8) is 0 Å². The minimum absolute atomic E-state index is 0. The predicted octanol–water partition coefficient (Wildman–Crippen LogP) is 0.193. The van der Waals surface area contributed by atoms with E-state index in [1.54, 1.807) is 0 Å². The van der Waals surface area contributed by atoms with Crippen LogP contribution in [-0.2, 0) is 24.4 Å². The number of hydrogen-bond acceptors (Lipinski definition) is 5. The molecule has 0 aromatic heterocycles. The Balaban J connectivity index is 0. The molecule has 9 heteroatoms. The fourth-order valence-electron chi connectivity index (χ4n) is 1.26. The van der Waals surface area contributed by atoms with Crippen LogP contribution >= 0.6 is 0 Å². The molecule has 0 amide bonds. The van der Waals surface area contributed by atoms with Crippen LogP contribution in [0.2, 0.25) is 0 Å². The molecule has 2 N–H and O–H groups in total. The summed E-state index contributed by atoms with van der Waals surface area (Å²) in [6.45, 7) is 2.03. The van der Waals surface area contributed by atoms with E-state index in [1.807, 2.05) is 6.92 Å². The first-order chi connectivity index (χ1) is 8.29. The van der Waals surface area contributed by atoms with Gasteiger partial charge in [0.15, 0.2) is 5.25 Å². The molecule has 0 fully saturated rings. The van der Waals surface area contributed by atoms with Gasteiger partial charge in [-0.2, -0.15) is 8.42 Å². The van der Waals surface area contributed by atoms with E-state index in [9.17, 15) is 18.0 Å². The summed E-state index contributed by atoms with van der Waals surface area (Å²) in [6, 6.07) is 0. The number of carbonyl (C=O) groups excluding carboxylic acids is 1. The first-order valence-corrected chi connectivity index (χ1v) is 7.14. The van der Waals surface area contributed by atoms with Crippen LogP contribution < -0.4 is 0 Å². The first kappa shape index (κ1) is 21.8. The Kier molecular flexibility index (Phi) is 12.8. The summed E-state index contributed by atoms with van der Waals surface area (Å²) in [4.78, 5) is 21.7. The van der Waals surface area contributed by atoms with E-state index in [1.165, 1.54) is 0 Å². The van der Waals surface area contributed by atoms with Gasteiger partial charge >= 0.3 is 63.3 Å². The summed E-state index contributed by atoms with van der Waals surface area (Å²) in [5, 5.41) is 6.40. The maximum atomic E-state index is 11.3. The van der Waals surface area contributed by atoms with E-state index in [0.29, 0.717) is 6.42 Å². The van der Waals surface area contributed by atoms with Gasteiger partial charge in [-0.05, 0) is 6.42 Å². The third kappa shape index (κ3) is 10.9. The molecule has 0 aromatic carbocycles. The molecule has 19 heavy (non-hydrogen) atoms. The molecule has 1 atom stereocenters. The monoisotopic (exact) mass is 322 g/mol. The van der Waals surface area contributed by atoms with E-state index in [4.69, 9.17) is 9.66 Å². The molecular weight excluding hydrogens is 303 g/mol. The van der Waals surface area contributed by atoms with Crippen LogP contribution in [-0.4, -0.2) is 93.3 Å². The van der Waals surface area contributed by atoms with Gasteiger partial charge in [0.25, 0.3) is 10.1 Å². The van der Waals surface area contributed by atoms with Crippen LogP contribution in [0.3, 0.4) is 0 Å². The van der Waals surface area contributed by atoms with Crippen molar-refractivity contribution in [2.24, 2.45) is 0 Å². The number of hydrogen-bond donors (Lipinski definition) is 2. The van der Waals surface area contributed by atoms with Gasteiger partial charge in [-0.15, -0.1) is 0 Å².